The Morgan fingerprint density at radius 1 is 1.24 bits per heavy atom. The molecule has 2 aliphatic rings. The normalized spacial score (nSPS) is 19.1. The molecular formula is C16H32N4O. The maximum Gasteiger partial charge on any atom is 0.193 e. The van der Waals surface area contributed by atoms with Crippen molar-refractivity contribution >= 4 is 5.96 Å². The van der Waals surface area contributed by atoms with Gasteiger partial charge < -0.3 is 15.0 Å². The highest BCUT2D eigenvalue weighted by Crippen LogP contribution is 2.28. The maximum atomic E-state index is 5.69. The maximum absolute atomic E-state index is 5.69. The molecule has 122 valence electrons. The third-order valence-corrected chi connectivity index (χ3v) is 4.35. The summed E-state index contributed by atoms with van der Waals surface area (Å²) in [4.78, 5) is 9.06. The van der Waals surface area contributed by atoms with E-state index in [0.29, 0.717) is 0 Å². The Balaban J connectivity index is 1.56. The molecule has 0 atom stereocenters. The number of nitrogens with one attached hydrogen (secondary N) is 1. The molecule has 0 spiro atoms. The number of nitrogens with zero attached hydrogens (tertiary/aromatic N) is 3. The summed E-state index contributed by atoms with van der Waals surface area (Å²) in [6, 6.07) is 0.840. The van der Waals surface area contributed by atoms with Crippen molar-refractivity contribution in [2.75, 3.05) is 53.5 Å². The summed E-state index contributed by atoms with van der Waals surface area (Å²) in [5.74, 6) is 1.81. The fraction of sp³-hybridized carbons (Fsp3) is 0.938. The van der Waals surface area contributed by atoms with Crippen LogP contribution < -0.4 is 5.32 Å². The van der Waals surface area contributed by atoms with Crippen molar-refractivity contribution in [2.24, 2.45) is 10.9 Å². The van der Waals surface area contributed by atoms with Crippen LogP contribution in [-0.2, 0) is 4.74 Å². The Labute approximate surface area is 129 Å². The standard InChI is InChI=1S/C16H32N4O/c1-4-20(15-7-8-15)10-9-18-16(17-2)19(3)11-12-21-13-14-5-6-14/h14-15H,4-13H2,1-3H3,(H,17,18). The van der Waals surface area contributed by atoms with Crippen molar-refractivity contribution in [3.05, 3.63) is 0 Å². The van der Waals surface area contributed by atoms with E-state index in [0.717, 1.165) is 57.3 Å². The molecule has 5 heteroatoms. The third-order valence-electron chi connectivity index (χ3n) is 4.35. The quantitative estimate of drug-likeness (QED) is 0.376. The van der Waals surface area contributed by atoms with Gasteiger partial charge in [0.05, 0.1) is 6.61 Å². The monoisotopic (exact) mass is 296 g/mol. The van der Waals surface area contributed by atoms with Gasteiger partial charge in [0.25, 0.3) is 0 Å². The Hall–Kier alpha value is -0.810. The second-order valence-corrected chi connectivity index (χ2v) is 6.27. The zero-order valence-electron chi connectivity index (χ0n) is 14.0. The first-order chi connectivity index (χ1) is 10.2. The molecule has 21 heavy (non-hydrogen) atoms. The van der Waals surface area contributed by atoms with Crippen LogP contribution in [0.2, 0.25) is 0 Å². The Morgan fingerprint density at radius 2 is 2.00 bits per heavy atom. The van der Waals surface area contributed by atoms with Crippen molar-refractivity contribution < 1.29 is 4.74 Å². The molecule has 2 rings (SSSR count). The summed E-state index contributed by atoms with van der Waals surface area (Å²) < 4.78 is 5.69. The largest absolute Gasteiger partial charge is 0.379 e. The fourth-order valence-corrected chi connectivity index (χ4v) is 2.58. The first-order valence-electron chi connectivity index (χ1n) is 8.48. The minimum absolute atomic E-state index is 0.789. The Morgan fingerprint density at radius 3 is 2.57 bits per heavy atom. The summed E-state index contributed by atoms with van der Waals surface area (Å²) in [6.07, 6.45) is 5.46. The van der Waals surface area contributed by atoms with Crippen molar-refractivity contribution in [1.29, 1.82) is 0 Å². The van der Waals surface area contributed by atoms with Crippen molar-refractivity contribution in [2.45, 2.75) is 38.6 Å². The fourth-order valence-electron chi connectivity index (χ4n) is 2.58. The topological polar surface area (TPSA) is 40.1 Å². The molecule has 2 saturated carbocycles. The van der Waals surface area contributed by atoms with Crippen LogP contribution in [0, 0.1) is 5.92 Å². The van der Waals surface area contributed by atoms with Crippen LogP contribution in [0.5, 0.6) is 0 Å². The first kappa shape index (κ1) is 16.6. The smallest absolute Gasteiger partial charge is 0.193 e. The number of guanidine groups is 1. The number of ether oxygens (including phenoxy) is 1. The molecule has 0 heterocycles. The molecule has 0 aromatic rings. The van der Waals surface area contributed by atoms with Crippen LogP contribution >= 0.6 is 0 Å². The molecule has 0 aromatic carbocycles. The molecule has 2 fully saturated rings. The second kappa shape index (κ2) is 8.59. The minimum Gasteiger partial charge on any atom is -0.379 e. The number of aliphatic imine (C=N–C) groups is 1. The van der Waals surface area contributed by atoms with E-state index in [-0.39, 0.29) is 0 Å². The molecule has 1 N–H and O–H groups in total. The van der Waals surface area contributed by atoms with Crippen molar-refractivity contribution in [1.82, 2.24) is 15.1 Å². The van der Waals surface area contributed by atoms with E-state index in [1.54, 1.807) is 0 Å². The summed E-state index contributed by atoms with van der Waals surface area (Å²) in [7, 11) is 3.93. The van der Waals surface area contributed by atoms with Gasteiger partial charge in [-0.15, -0.1) is 0 Å². The molecule has 0 bridgehead atoms. The van der Waals surface area contributed by atoms with Gasteiger partial charge in [-0.05, 0) is 38.1 Å². The molecule has 5 nitrogen and oxygen atoms in total. The SMILES string of the molecule is CCN(CCNC(=NC)N(C)CCOCC1CC1)C1CC1. The predicted molar refractivity (Wildman–Crippen MR) is 87.8 cm³/mol. The minimum atomic E-state index is 0.789. The van der Waals surface area contributed by atoms with Gasteiger partial charge >= 0.3 is 0 Å². The van der Waals surface area contributed by atoms with Crippen LogP contribution in [0.4, 0.5) is 0 Å². The number of rotatable bonds is 10. The van der Waals surface area contributed by atoms with E-state index in [1.165, 1.54) is 25.7 Å². The highest BCUT2D eigenvalue weighted by atomic mass is 16.5. The van der Waals surface area contributed by atoms with Gasteiger partial charge in [0, 0.05) is 46.4 Å². The summed E-state index contributed by atoms with van der Waals surface area (Å²) in [6.45, 7) is 8.08. The lowest BCUT2D eigenvalue weighted by Gasteiger charge is -2.24. The Kier molecular flexibility index (Phi) is 6.77. The van der Waals surface area contributed by atoms with Crippen LogP contribution in [0.15, 0.2) is 4.99 Å². The highest BCUT2D eigenvalue weighted by Gasteiger charge is 2.27. The average molecular weight is 296 g/mol. The molecule has 0 aromatic heterocycles. The predicted octanol–water partition coefficient (Wildman–Crippen LogP) is 1.40. The molecule has 0 radical (unpaired) electrons. The molecule has 0 amide bonds. The third kappa shape index (κ3) is 6.22. The average Bonchev–Trinajstić information content (AvgIpc) is 3.37. The lowest BCUT2D eigenvalue weighted by molar-refractivity contribution is 0.115. The van der Waals surface area contributed by atoms with E-state index in [1.807, 2.05) is 7.05 Å². The van der Waals surface area contributed by atoms with E-state index in [9.17, 15) is 0 Å². The van der Waals surface area contributed by atoms with Gasteiger partial charge in [0.1, 0.15) is 0 Å². The zero-order chi connectivity index (χ0) is 15.1. The van der Waals surface area contributed by atoms with Crippen LogP contribution in [-0.4, -0.2) is 75.3 Å². The molecule has 0 saturated heterocycles. The summed E-state index contributed by atoms with van der Waals surface area (Å²) in [5.41, 5.74) is 0. The number of hydrogen-bond donors (Lipinski definition) is 1. The lowest BCUT2D eigenvalue weighted by Crippen LogP contribution is -2.44. The number of likely N-dealkylation sites (N-methyl/N-ethyl adjacent to an activating group) is 2. The van der Waals surface area contributed by atoms with Gasteiger partial charge in [-0.1, -0.05) is 6.92 Å². The van der Waals surface area contributed by atoms with E-state index in [4.69, 9.17) is 4.74 Å². The van der Waals surface area contributed by atoms with E-state index < -0.39 is 0 Å². The van der Waals surface area contributed by atoms with E-state index >= 15 is 0 Å². The van der Waals surface area contributed by atoms with Gasteiger partial charge in [-0.3, -0.25) is 9.89 Å². The van der Waals surface area contributed by atoms with Gasteiger partial charge in [0.15, 0.2) is 5.96 Å². The number of hydrogen-bond acceptors (Lipinski definition) is 3. The van der Waals surface area contributed by atoms with Gasteiger partial charge in [-0.25, -0.2) is 0 Å². The van der Waals surface area contributed by atoms with Crippen LogP contribution in [0.25, 0.3) is 0 Å². The summed E-state index contributed by atoms with van der Waals surface area (Å²) >= 11 is 0. The lowest BCUT2D eigenvalue weighted by atomic mass is 10.4. The van der Waals surface area contributed by atoms with Crippen molar-refractivity contribution in [3.8, 4) is 0 Å². The van der Waals surface area contributed by atoms with Gasteiger partial charge in [-0.2, -0.15) is 0 Å². The van der Waals surface area contributed by atoms with Crippen LogP contribution in [0.3, 0.4) is 0 Å². The highest BCUT2D eigenvalue weighted by molar-refractivity contribution is 5.79. The second-order valence-electron chi connectivity index (χ2n) is 6.27. The molecule has 0 aliphatic heterocycles. The Bertz CT molecular complexity index is 326. The molecular weight excluding hydrogens is 264 g/mol. The zero-order valence-corrected chi connectivity index (χ0v) is 14.0. The molecule has 0 unspecified atom stereocenters. The van der Waals surface area contributed by atoms with Gasteiger partial charge in [0.2, 0.25) is 0 Å². The molecule has 2 aliphatic carbocycles. The summed E-state index contributed by atoms with van der Waals surface area (Å²) in [5, 5.41) is 3.46. The van der Waals surface area contributed by atoms with Crippen molar-refractivity contribution in [3.63, 3.8) is 0 Å². The van der Waals surface area contributed by atoms with Crippen LogP contribution in [0.1, 0.15) is 32.6 Å². The first-order valence-corrected chi connectivity index (χ1v) is 8.48. The van der Waals surface area contributed by atoms with E-state index in [2.05, 4.69) is 34.1 Å².